The number of aliphatic hydroxyl groups is 1. The lowest BCUT2D eigenvalue weighted by molar-refractivity contribution is -0.192. The number of aliphatic carboxylic acids is 1. The Labute approximate surface area is 180 Å². The summed E-state index contributed by atoms with van der Waals surface area (Å²) in [5.74, 6) is -2.58. The van der Waals surface area contributed by atoms with E-state index in [1.807, 2.05) is 0 Å². The van der Waals surface area contributed by atoms with Gasteiger partial charge in [0.25, 0.3) is 0 Å². The fraction of sp³-hybridized carbons (Fsp3) is 0.529. The minimum Gasteiger partial charge on any atom is -0.508 e. The molecule has 1 unspecified atom stereocenters. The molecule has 2 rings (SSSR count). The van der Waals surface area contributed by atoms with Crippen LogP contribution in [-0.4, -0.2) is 64.6 Å². The molecule has 1 saturated heterocycles. The van der Waals surface area contributed by atoms with Crippen molar-refractivity contribution in [3.8, 4) is 5.75 Å². The largest absolute Gasteiger partial charge is 0.508 e. The first-order valence-corrected chi connectivity index (χ1v) is 9.51. The lowest BCUT2D eigenvalue weighted by Crippen LogP contribution is -2.46. The first kappa shape index (κ1) is 26.1. The van der Waals surface area contributed by atoms with Crippen LogP contribution in [0, 0.1) is 5.92 Å². The summed E-state index contributed by atoms with van der Waals surface area (Å²) >= 11 is 11.9. The molecular weight excluding hydrogens is 454 g/mol. The second-order valence-electron chi connectivity index (χ2n) is 6.43. The number of nitrogens with one attached hydrogen (secondary N) is 1. The smallest absolute Gasteiger partial charge is 0.490 e. The zero-order chi connectivity index (χ0) is 23.1. The molecule has 13 heteroatoms. The molecule has 0 radical (unpaired) electrons. The zero-order valence-corrected chi connectivity index (χ0v) is 17.1. The summed E-state index contributed by atoms with van der Waals surface area (Å²) in [4.78, 5) is 22.4. The quantitative estimate of drug-likeness (QED) is 0.454. The first-order valence-electron chi connectivity index (χ1n) is 8.75. The number of nitrogens with two attached hydrogens (primary N) is 1. The highest BCUT2D eigenvalue weighted by molar-refractivity contribution is 6.42. The van der Waals surface area contributed by atoms with E-state index in [-0.39, 0.29) is 41.9 Å². The number of carboxylic acid groups (broad SMARTS) is 1. The van der Waals surface area contributed by atoms with Gasteiger partial charge >= 0.3 is 18.2 Å². The molecule has 0 spiro atoms. The Morgan fingerprint density at radius 3 is 2.20 bits per heavy atom. The van der Waals surface area contributed by atoms with Crippen LogP contribution < -0.4 is 11.1 Å². The van der Waals surface area contributed by atoms with Gasteiger partial charge in [0.2, 0.25) is 0 Å². The van der Waals surface area contributed by atoms with Crippen LogP contribution in [0.1, 0.15) is 24.4 Å². The van der Waals surface area contributed by atoms with E-state index >= 15 is 0 Å². The van der Waals surface area contributed by atoms with Crippen molar-refractivity contribution in [1.82, 2.24) is 10.2 Å². The van der Waals surface area contributed by atoms with Crippen LogP contribution in [0.25, 0.3) is 0 Å². The Bertz CT molecular complexity index is 744. The van der Waals surface area contributed by atoms with Crippen molar-refractivity contribution < 1.29 is 38.1 Å². The number of carbonyl (C=O) groups is 2. The Kier molecular flexibility index (Phi) is 9.95. The van der Waals surface area contributed by atoms with Crippen molar-refractivity contribution in [2.45, 2.75) is 25.1 Å². The monoisotopic (exact) mass is 475 g/mol. The molecule has 1 aromatic carbocycles. The summed E-state index contributed by atoms with van der Waals surface area (Å²) in [5.41, 5.74) is 6.85. The minimum absolute atomic E-state index is 0.0371. The van der Waals surface area contributed by atoms with Gasteiger partial charge in [0.15, 0.2) is 0 Å². The number of alkyl halides is 3. The molecule has 1 heterocycles. The van der Waals surface area contributed by atoms with Gasteiger partial charge in [0.05, 0.1) is 16.7 Å². The summed E-state index contributed by atoms with van der Waals surface area (Å²) in [5, 5.41) is 29.2. The number of carbonyl (C=O) groups excluding carboxylic acids is 1. The van der Waals surface area contributed by atoms with E-state index in [4.69, 9.17) is 43.9 Å². The molecule has 170 valence electrons. The summed E-state index contributed by atoms with van der Waals surface area (Å²) in [6.45, 7) is 1.33. The van der Waals surface area contributed by atoms with Crippen LogP contribution in [0.2, 0.25) is 10.0 Å². The summed E-state index contributed by atoms with van der Waals surface area (Å²) in [7, 11) is 0. The molecule has 8 nitrogen and oxygen atoms in total. The third-order valence-electron chi connectivity index (χ3n) is 4.39. The number of benzene rings is 1. The molecule has 30 heavy (non-hydrogen) atoms. The van der Waals surface area contributed by atoms with E-state index in [1.54, 1.807) is 11.0 Å². The summed E-state index contributed by atoms with van der Waals surface area (Å²) < 4.78 is 31.7. The Morgan fingerprint density at radius 2 is 1.73 bits per heavy atom. The molecule has 0 aromatic heterocycles. The van der Waals surface area contributed by atoms with Crippen LogP contribution in [-0.2, 0) is 4.79 Å². The number of urea groups is 1. The normalized spacial score (nSPS) is 15.8. The average molecular weight is 476 g/mol. The number of piperidine rings is 1. The highest BCUT2D eigenvalue weighted by Gasteiger charge is 2.38. The van der Waals surface area contributed by atoms with Crippen LogP contribution in [0.4, 0.5) is 18.0 Å². The average Bonchev–Trinajstić information content (AvgIpc) is 2.68. The molecule has 0 aliphatic carbocycles. The van der Waals surface area contributed by atoms with Crippen molar-refractivity contribution in [1.29, 1.82) is 0 Å². The standard InChI is InChI=1S/C15H21Cl2N3O3.C2HF3O2/c16-11-7-10(13(22)8-12(11)17)14(18)9-1-4-20(5-2-9)15(23)19-3-6-21;3-2(4,5)1(6)7/h7-9,14,21-22H,1-6,18H2,(H,19,23);(H,6,7). The first-order chi connectivity index (χ1) is 13.9. The topological polar surface area (TPSA) is 136 Å². The van der Waals surface area contributed by atoms with Gasteiger partial charge in [-0.05, 0) is 24.8 Å². The molecule has 1 atom stereocenters. The van der Waals surface area contributed by atoms with Gasteiger partial charge in [-0.15, -0.1) is 0 Å². The SMILES string of the molecule is NC(c1cc(Cl)c(Cl)cc1O)C1CCN(C(=O)NCCO)CC1.O=C(O)C(F)(F)F. The van der Waals surface area contributed by atoms with Crippen molar-refractivity contribution in [2.75, 3.05) is 26.2 Å². The van der Waals surface area contributed by atoms with Gasteiger partial charge in [-0.1, -0.05) is 23.2 Å². The predicted octanol–water partition coefficient (Wildman–Crippen LogP) is 2.75. The van der Waals surface area contributed by atoms with Crippen molar-refractivity contribution in [3.63, 3.8) is 0 Å². The van der Waals surface area contributed by atoms with E-state index in [0.717, 1.165) is 12.8 Å². The van der Waals surface area contributed by atoms with Crippen LogP contribution >= 0.6 is 23.2 Å². The molecule has 1 aliphatic rings. The zero-order valence-electron chi connectivity index (χ0n) is 15.6. The Balaban J connectivity index is 0.000000553. The van der Waals surface area contributed by atoms with E-state index in [9.17, 15) is 23.1 Å². The summed E-state index contributed by atoms with van der Waals surface area (Å²) in [6.07, 6.45) is -3.62. The van der Waals surface area contributed by atoms with Crippen LogP contribution in [0.3, 0.4) is 0 Å². The second kappa shape index (κ2) is 11.4. The number of phenolic OH excluding ortho intramolecular Hbond substituents is 1. The number of aliphatic hydroxyl groups excluding tert-OH is 1. The minimum atomic E-state index is -5.08. The highest BCUT2D eigenvalue weighted by Crippen LogP contribution is 2.37. The van der Waals surface area contributed by atoms with E-state index in [1.165, 1.54) is 6.07 Å². The maximum absolute atomic E-state index is 11.8. The lowest BCUT2D eigenvalue weighted by atomic mass is 9.85. The maximum atomic E-state index is 11.8. The van der Waals surface area contributed by atoms with Gasteiger partial charge in [0, 0.05) is 37.3 Å². The number of halogens is 5. The highest BCUT2D eigenvalue weighted by atomic mass is 35.5. The van der Waals surface area contributed by atoms with Crippen molar-refractivity contribution >= 4 is 35.2 Å². The van der Waals surface area contributed by atoms with Crippen LogP contribution in [0.5, 0.6) is 5.75 Å². The number of hydrogen-bond donors (Lipinski definition) is 5. The van der Waals surface area contributed by atoms with Gasteiger partial charge in [-0.3, -0.25) is 0 Å². The number of rotatable bonds is 4. The maximum Gasteiger partial charge on any atom is 0.490 e. The van der Waals surface area contributed by atoms with E-state index in [2.05, 4.69) is 5.32 Å². The van der Waals surface area contributed by atoms with Gasteiger partial charge in [0.1, 0.15) is 5.75 Å². The molecule has 1 fully saturated rings. The number of likely N-dealkylation sites (tertiary alicyclic amines) is 1. The molecule has 0 saturated carbocycles. The molecule has 0 bridgehead atoms. The second-order valence-corrected chi connectivity index (χ2v) is 7.25. The Hall–Kier alpha value is -1.95. The fourth-order valence-corrected chi connectivity index (χ4v) is 3.14. The molecule has 2 amide bonds. The third kappa shape index (κ3) is 7.71. The number of carboxylic acids is 1. The number of nitrogens with zero attached hydrogens (tertiary/aromatic N) is 1. The van der Waals surface area contributed by atoms with Gasteiger partial charge in [-0.2, -0.15) is 13.2 Å². The molecule has 1 aliphatic heterocycles. The van der Waals surface area contributed by atoms with Crippen LogP contribution in [0.15, 0.2) is 12.1 Å². The molecule has 6 N–H and O–H groups in total. The number of aromatic hydroxyl groups is 1. The van der Waals surface area contributed by atoms with Crippen molar-refractivity contribution in [2.24, 2.45) is 11.7 Å². The number of amides is 2. The van der Waals surface area contributed by atoms with Crippen molar-refractivity contribution in [3.05, 3.63) is 27.7 Å². The fourth-order valence-electron chi connectivity index (χ4n) is 2.81. The number of phenols is 1. The molecule has 1 aromatic rings. The predicted molar refractivity (Wildman–Crippen MR) is 104 cm³/mol. The number of hydrogen-bond acceptors (Lipinski definition) is 5. The van der Waals surface area contributed by atoms with Gasteiger partial charge < -0.3 is 31.3 Å². The Morgan fingerprint density at radius 1 is 1.23 bits per heavy atom. The van der Waals surface area contributed by atoms with Gasteiger partial charge in [-0.25, -0.2) is 9.59 Å². The third-order valence-corrected chi connectivity index (χ3v) is 5.12. The molecular formula is C17H22Cl2F3N3O5. The van der Waals surface area contributed by atoms with E-state index < -0.39 is 12.1 Å². The summed E-state index contributed by atoms with van der Waals surface area (Å²) in [6, 6.07) is 2.46. The van der Waals surface area contributed by atoms with E-state index in [0.29, 0.717) is 23.7 Å². The lowest BCUT2D eigenvalue weighted by Gasteiger charge is -2.35.